The Hall–Kier alpha value is -5.82. The first-order valence-electron chi connectivity index (χ1n) is 20.2. The molecule has 279 valence electrons. The summed E-state index contributed by atoms with van der Waals surface area (Å²) in [5.41, 5.74) is 14.2. The Morgan fingerprint density at radius 2 is 1.28 bits per heavy atom. The lowest BCUT2D eigenvalue weighted by atomic mass is 9.63. The van der Waals surface area contributed by atoms with E-state index in [9.17, 15) is 0 Å². The number of aromatic nitrogens is 1. The molecule has 0 unspecified atom stereocenters. The topological polar surface area (TPSA) is 30.1 Å². The Kier molecular flexibility index (Phi) is 7.01. The van der Waals surface area contributed by atoms with E-state index in [1.807, 2.05) is 22.7 Å². The average molecular weight is 784 g/mol. The third-order valence-electron chi connectivity index (χ3n) is 12.4. The van der Waals surface area contributed by atoms with Crippen molar-refractivity contribution in [3.05, 3.63) is 139 Å². The first-order chi connectivity index (χ1) is 28.0. The molecule has 1 N–H and O–H groups in total. The minimum Gasteiger partial charge on any atom is -0.456 e. The molecular weight excluding hydrogens is 744 g/mol. The second kappa shape index (κ2) is 11.9. The molecular formula is C52H40BN2OS2. The summed E-state index contributed by atoms with van der Waals surface area (Å²) in [5, 5.41) is 12.5. The Balaban J connectivity index is 1.16. The van der Waals surface area contributed by atoms with Gasteiger partial charge in [-0.25, -0.2) is 0 Å². The third kappa shape index (κ3) is 4.98. The van der Waals surface area contributed by atoms with Crippen LogP contribution in [0.5, 0.6) is 0 Å². The van der Waals surface area contributed by atoms with Crippen LogP contribution in [0.4, 0.5) is 11.4 Å². The van der Waals surface area contributed by atoms with Gasteiger partial charge < -0.3 is 14.3 Å². The van der Waals surface area contributed by atoms with Gasteiger partial charge in [0.2, 0.25) is 7.28 Å². The zero-order valence-electron chi connectivity index (χ0n) is 33.4. The maximum atomic E-state index is 6.51. The molecule has 0 bridgehead atoms. The van der Waals surface area contributed by atoms with Gasteiger partial charge in [0.25, 0.3) is 0 Å². The van der Waals surface area contributed by atoms with Crippen molar-refractivity contribution in [1.82, 2.24) is 4.57 Å². The number of anilines is 2. The van der Waals surface area contributed by atoms with Crippen LogP contribution < -0.4 is 15.6 Å². The first-order valence-corrected chi connectivity index (χ1v) is 21.8. The smallest absolute Gasteiger partial charge is 0.211 e. The number of nitrogens with one attached hydrogen (secondary N) is 1. The zero-order valence-corrected chi connectivity index (χ0v) is 35.0. The second-order valence-corrected chi connectivity index (χ2v) is 20.3. The van der Waals surface area contributed by atoms with E-state index >= 15 is 0 Å². The SMILES string of the molecule is CC(C)(C)c1ccc(Nc2cc3c(cc2-c2ccc4c5cc6oc7ccccc7c6cc5n5c4c2[B]c2sc4ccc(C(C)(C)C)cc4c2-5)sc2ccccc23)cc1. The minimum atomic E-state index is 0.0319. The molecule has 0 atom stereocenters. The maximum Gasteiger partial charge on any atom is 0.211 e. The van der Waals surface area contributed by atoms with Crippen LogP contribution in [0, 0.1) is 0 Å². The number of benzene rings is 7. The van der Waals surface area contributed by atoms with Crippen molar-refractivity contribution in [2.75, 3.05) is 5.32 Å². The Morgan fingerprint density at radius 1 is 0.534 bits per heavy atom. The molecule has 0 amide bonds. The van der Waals surface area contributed by atoms with E-state index in [1.165, 1.54) is 90.2 Å². The lowest BCUT2D eigenvalue weighted by Gasteiger charge is -2.23. The highest BCUT2D eigenvalue weighted by Gasteiger charge is 2.31. The summed E-state index contributed by atoms with van der Waals surface area (Å²) in [7, 11) is 2.48. The standard InChI is InChI=1S/C52H40BN2OS2/c1-51(2,3)28-15-18-30(19-16-28)54-40-24-38-32-12-8-10-14-44(32)57-46(38)27-35(40)33-20-21-34-36-26-43-37(31-11-7-9-13-42(31)56-43)25-41(36)55-48(34)47(33)53-50-49(55)39-23-29(52(4,5)6)17-22-45(39)58-50/h7-27,54H,1-6H3. The summed E-state index contributed by atoms with van der Waals surface area (Å²) in [6, 6.07) is 47.5. The number of hydrogen-bond donors (Lipinski definition) is 1. The molecule has 0 aliphatic carbocycles. The van der Waals surface area contributed by atoms with Crippen LogP contribution in [0.25, 0.3) is 90.8 Å². The molecule has 1 aliphatic rings. The molecule has 11 aromatic rings. The quantitative estimate of drug-likeness (QED) is 0.181. The van der Waals surface area contributed by atoms with Crippen molar-refractivity contribution in [3.8, 4) is 16.8 Å². The molecule has 58 heavy (non-hydrogen) atoms. The molecule has 0 saturated heterocycles. The molecule has 1 aliphatic heterocycles. The van der Waals surface area contributed by atoms with Crippen LogP contribution in [-0.2, 0) is 10.8 Å². The van der Waals surface area contributed by atoms with Crippen molar-refractivity contribution in [3.63, 3.8) is 0 Å². The van der Waals surface area contributed by atoms with Crippen molar-refractivity contribution in [1.29, 1.82) is 0 Å². The number of fused-ring (bicyclic) bond motifs is 13. The van der Waals surface area contributed by atoms with E-state index in [4.69, 9.17) is 4.42 Å². The third-order valence-corrected chi connectivity index (χ3v) is 14.6. The number of furan rings is 1. The van der Waals surface area contributed by atoms with E-state index in [0.717, 1.165) is 33.3 Å². The van der Waals surface area contributed by atoms with Crippen molar-refractivity contribution in [2.24, 2.45) is 0 Å². The summed E-state index contributed by atoms with van der Waals surface area (Å²) < 4.78 is 14.3. The lowest BCUT2D eigenvalue weighted by molar-refractivity contribution is 0.590. The van der Waals surface area contributed by atoms with E-state index < -0.39 is 0 Å². The summed E-state index contributed by atoms with van der Waals surface area (Å²) in [6.07, 6.45) is 0. The number of rotatable bonds is 3. The second-order valence-electron chi connectivity index (χ2n) is 18.1. The van der Waals surface area contributed by atoms with Crippen LogP contribution >= 0.6 is 22.7 Å². The van der Waals surface area contributed by atoms with Gasteiger partial charge in [0.1, 0.15) is 11.2 Å². The fraction of sp³-hybridized carbons (Fsp3) is 0.154. The highest BCUT2D eigenvalue weighted by atomic mass is 32.1. The average Bonchev–Trinajstić information content (AvgIpc) is 3.95. The minimum absolute atomic E-state index is 0.0319. The van der Waals surface area contributed by atoms with Gasteiger partial charge >= 0.3 is 0 Å². The molecule has 0 fully saturated rings. The van der Waals surface area contributed by atoms with Crippen LogP contribution in [0.3, 0.4) is 0 Å². The first kappa shape index (κ1) is 34.2. The molecule has 4 aromatic heterocycles. The fourth-order valence-electron chi connectivity index (χ4n) is 9.30. The number of hydrogen-bond acceptors (Lipinski definition) is 4. The zero-order chi connectivity index (χ0) is 39.2. The predicted molar refractivity (Wildman–Crippen MR) is 254 cm³/mol. The summed E-state index contributed by atoms with van der Waals surface area (Å²) in [6.45, 7) is 13.7. The predicted octanol–water partition coefficient (Wildman–Crippen LogP) is 14.2. The van der Waals surface area contributed by atoms with Gasteiger partial charge in [-0.05, 0) is 98.4 Å². The normalized spacial score (nSPS) is 13.1. The van der Waals surface area contributed by atoms with Crippen LogP contribution in [0.1, 0.15) is 52.7 Å². The lowest BCUT2D eigenvalue weighted by Crippen LogP contribution is -2.35. The van der Waals surface area contributed by atoms with Gasteiger partial charge in [-0.3, -0.25) is 0 Å². The van der Waals surface area contributed by atoms with E-state index in [1.54, 1.807) is 0 Å². The summed E-state index contributed by atoms with van der Waals surface area (Å²) in [4.78, 5) is 0. The summed E-state index contributed by atoms with van der Waals surface area (Å²) in [5.74, 6) is 0. The molecule has 0 saturated carbocycles. The van der Waals surface area contributed by atoms with Gasteiger partial charge in [0.05, 0.1) is 11.2 Å². The van der Waals surface area contributed by atoms with Crippen molar-refractivity contribution >= 4 is 126 Å². The summed E-state index contributed by atoms with van der Waals surface area (Å²) >= 11 is 3.77. The fourth-order valence-corrected chi connectivity index (χ4v) is 11.5. The molecule has 7 aromatic carbocycles. The molecule has 0 spiro atoms. The maximum absolute atomic E-state index is 6.51. The number of thiophene rings is 2. The van der Waals surface area contributed by atoms with E-state index in [0.29, 0.717) is 0 Å². The Bertz CT molecular complexity index is 3530. The van der Waals surface area contributed by atoms with Gasteiger partial charge in [0, 0.05) is 74.3 Å². The largest absolute Gasteiger partial charge is 0.456 e. The molecule has 12 rings (SSSR count). The van der Waals surface area contributed by atoms with Crippen molar-refractivity contribution < 1.29 is 4.42 Å². The Morgan fingerprint density at radius 3 is 2.09 bits per heavy atom. The van der Waals surface area contributed by atoms with Gasteiger partial charge in [-0.15, -0.1) is 22.7 Å². The number of para-hydroxylation sites is 1. The van der Waals surface area contributed by atoms with Gasteiger partial charge in [-0.1, -0.05) is 108 Å². The highest BCUT2D eigenvalue weighted by Crippen LogP contribution is 2.45. The molecule has 6 heteroatoms. The van der Waals surface area contributed by atoms with Crippen LogP contribution in [-0.4, -0.2) is 11.8 Å². The van der Waals surface area contributed by atoms with Crippen LogP contribution in [0.15, 0.2) is 132 Å². The molecule has 3 nitrogen and oxygen atoms in total. The van der Waals surface area contributed by atoms with E-state index in [-0.39, 0.29) is 10.8 Å². The van der Waals surface area contributed by atoms with Gasteiger partial charge in [0.15, 0.2) is 0 Å². The van der Waals surface area contributed by atoms with Crippen LogP contribution in [0.2, 0.25) is 0 Å². The highest BCUT2D eigenvalue weighted by molar-refractivity contribution is 7.29. The number of nitrogens with zero attached hydrogens (tertiary/aromatic N) is 1. The molecule has 5 heterocycles. The van der Waals surface area contributed by atoms with E-state index in [2.05, 4.69) is 186 Å². The molecule has 1 radical (unpaired) electrons. The van der Waals surface area contributed by atoms with Gasteiger partial charge in [-0.2, -0.15) is 0 Å². The Labute approximate surface area is 345 Å². The monoisotopic (exact) mass is 783 g/mol. The van der Waals surface area contributed by atoms with Crippen molar-refractivity contribution in [2.45, 2.75) is 52.4 Å².